The van der Waals surface area contributed by atoms with Crippen LogP contribution in [0.4, 0.5) is 17.1 Å². The summed E-state index contributed by atoms with van der Waals surface area (Å²) >= 11 is 0. The molecule has 3 amide bonds. The molecule has 0 aliphatic carbocycles. The standard InChI is InChI=1S/C60H39N9O6/c1-67(40-14-10-34(11-15-40)51-30-54-48(33-66-51)47-9-6-24-63-57(47)75-54)58(70)37-25-38(59(71)68(2)41-16-20-49(64-31-41)35-12-18-43-45-7-4-22-61-55(45)73-52(43)28-35)27-39(26-37)60(72)69(3)42-17-21-50(65-32-42)36-13-19-44-46-8-5-23-62-56(46)74-53(44)29-36/h4-33H,1-3H3. The number of benzene rings is 4. The molecule has 0 saturated heterocycles. The van der Waals surface area contributed by atoms with Gasteiger partial charge in [0.25, 0.3) is 17.7 Å². The Morgan fingerprint density at radius 3 is 1.17 bits per heavy atom. The van der Waals surface area contributed by atoms with Crippen molar-refractivity contribution >= 4 is 101 Å². The van der Waals surface area contributed by atoms with Crippen molar-refractivity contribution in [3.8, 4) is 33.8 Å². The minimum Gasteiger partial charge on any atom is -0.438 e. The molecule has 9 heterocycles. The second-order valence-electron chi connectivity index (χ2n) is 18.1. The fraction of sp³-hybridized carbons (Fsp3) is 0.0500. The Labute approximate surface area is 426 Å². The Bertz CT molecular complexity index is 3970. The van der Waals surface area contributed by atoms with Gasteiger partial charge in [0.05, 0.1) is 40.9 Å². The number of carbonyl (C=O) groups excluding carboxylic acids is 3. The Hall–Kier alpha value is -10.4. The molecule has 0 unspecified atom stereocenters. The Morgan fingerprint density at radius 2 is 0.733 bits per heavy atom. The van der Waals surface area contributed by atoms with Crippen LogP contribution in [0.5, 0.6) is 0 Å². The number of furan rings is 3. The average molecular weight is 982 g/mol. The summed E-state index contributed by atoms with van der Waals surface area (Å²) < 4.78 is 18.0. The number of amides is 3. The summed E-state index contributed by atoms with van der Waals surface area (Å²) in [6.07, 6.45) is 10.1. The summed E-state index contributed by atoms with van der Waals surface area (Å²) in [7, 11) is 4.88. The monoisotopic (exact) mass is 981 g/mol. The number of aromatic nitrogens is 6. The van der Waals surface area contributed by atoms with Gasteiger partial charge in [-0.15, -0.1) is 0 Å². The van der Waals surface area contributed by atoms with Gasteiger partial charge < -0.3 is 28.0 Å². The molecule has 0 aliphatic rings. The van der Waals surface area contributed by atoms with Crippen molar-refractivity contribution in [2.24, 2.45) is 0 Å². The Balaban J connectivity index is 0.793. The maximum Gasteiger partial charge on any atom is 0.258 e. The SMILES string of the molecule is CN(C(=O)c1cc(C(=O)N(C)c2ccc(-c3ccc4c(c3)oc3ncccc34)nc2)cc(C(=O)N(C)c2ccc(-c3ccc4c(c3)oc3ncccc34)nc2)c1)c1ccc(-c2cc3oc4ncccc4c3cn2)cc1. The van der Waals surface area contributed by atoms with Crippen LogP contribution in [0, 0.1) is 0 Å². The van der Waals surface area contributed by atoms with E-state index in [1.54, 1.807) is 70.5 Å². The number of anilines is 3. The van der Waals surface area contributed by atoms with Crippen molar-refractivity contribution in [2.75, 3.05) is 35.8 Å². The lowest BCUT2D eigenvalue weighted by Crippen LogP contribution is -2.31. The number of pyridine rings is 6. The zero-order chi connectivity index (χ0) is 50.9. The minimum atomic E-state index is -0.466. The van der Waals surface area contributed by atoms with Crippen LogP contribution in [0.15, 0.2) is 196 Å². The van der Waals surface area contributed by atoms with E-state index in [4.69, 9.17) is 28.2 Å². The number of rotatable bonds is 9. The molecule has 13 rings (SSSR count). The predicted octanol–water partition coefficient (Wildman–Crippen LogP) is 12.6. The molecule has 0 radical (unpaired) electrons. The number of carbonyl (C=O) groups is 3. The number of hydrogen-bond acceptors (Lipinski definition) is 12. The lowest BCUT2D eigenvalue weighted by atomic mass is 10.0. The third-order valence-electron chi connectivity index (χ3n) is 13.6. The second-order valence-corrected chi connectivity index (χ2v) is 18.1. The van der Waals surface area contributed by atoms with Crippen LogP contribution < -0.4 is 14.7 Å². The first kappa shape index (κ1) is 44.5. The van der Waals surface area contributed by atoms with Gasteiger partial charge in [-0.1, -0.05) is 24.3 Å². The number of hydrogen-bond donors (Lipinski definition) is 0. The van der Waals surface area contributed by atoms with Gasteiger partial charge in [0.15, 0.2) is 0 Å². The molecule has 0 fully saturated rings. The van der Waals surface area contributed by atoms with E-state index in [2.05, 4.69) is 15.0 Å². The first-order chi connectivity index (χ1) is 36.6. The van der Waals surface area contributed by atoms with Crippen LogP contribution in [0.2, 0.25) is 0 Å². The molecule has 0 N–H and O–H groups in total. The first-order valence-corrected chi connectivity index (χ1v) is 23.8. The van der Waals surface area contributed by atoms with Gasteiger partial charge in [-0.3, -0.25) is 29.3 Å². The molecule has 75 heavy (non-hydrogen) atoms. The van der Waals surface area contributed by atoms with Crippen LogP contribution in [0.25, 0.3) is 100.0 Å². The molecule has 0 saturated carbocycles. The smallest absolute Gasteiger partial charge is 0.258 e. The van der Waals surface area contributed by atoms with Crippen LogP contribution in [-0.4, -0.2) is 68.8 Å². The molecular weight excluding hydrogens is 943 g/mol. The molecule has 0 atom stereocenters. The summed E-state index contributed by atoms with van der Waals surface area (Å²) in [5.41, 5.74) is 10.1. The van der Waals surface area contributed by atoms with Crippen molar-refractivity contribution in [3.05, 3.63) is 199 Å². The molecule has 9 aromatic heterocycles. The number of nitrogens with zero attached hydrogens (tertiary/aromatic N) is 9. The topological polar surface area (TPSA) is 178 Å². The first-order valence-electron chi connectivity index (χ1n) is 23.8. The summed E-state index contributed by atoms with van der Waals surface area (Å²) in [5.74, 6) is -1.38. The normalized spacial score (nSPS) is 11.6. The summed E-state index contributed by atoms with van der Waals surface area (Å²) in [5, 5.41) is 5.49. The van der Waals surface area contributed by atoms with Gasteiger partial charge in [-0.25, -0.2) is 15.0 Å². The third-order valence-corrected chi connectivity index (χ3v) is 13.6. The van der Waals surface area contributed by atoms with E-state index < -0.39 is 17.7 Å². The maximum absolute atomic E-state index is 14.6. The van der Waals surface area contributed by atoms with E-state index >= 15 is 0 Å². The van der Waals surface area contributed by atoms with Gasteiger partial charge in [0.2, 0.25) is 17.1 Å². The summed E-state index contributed by atoms with van der Waals surface area (Å²) in [6, 6.07) is 44.2. The van der Waals surface area contributed by atoms with Gasteiger partial charge in [-0.05, 0) is 115 Å². The van der Waals surface area contributed by atoms with Crippen molar-refractivity contribution in [2.45, 2.75) is 0 Å². The van der Waals surface area contributed by atoms with Crippen LogP contribution in [0.3, 0.4) is 0 Å². The molecule has 4 aromatic carbocycles. The van der Waals surface area contributed by atoms with Crippen LogP contribution in [0.1, 0.15) is 31.1 Å². The predicted molar refractivity (Wildman–Crippen MR) is 289 cm³/mol. The summed E-state index contributed by atoms with van der Waals surface area (Å²) in [4.78, 5) is 75.2. The highest BCUT2D eigenvalue weighted by Gasteiger charge is 2.25. The van der Waals surface area contributed by atoms with E-state index in [0.29, 0.717) is 68.0 Å². The highest BCUT2D eigenvalue weighted by Crippen LogP contribution is 2.35. The fourth-order valence-electron chi connectivity index (χ4n) is 9.50. The third kappa shape index (κ3) is 7.82. The van der Waals surface area contributed by atoms with Crippen molar-refractivity contribution < 1.29 is 27.6 Å². The zero-order valence-electron chi connectivity index (χ0n) is 40.3. The average Bonchev–Trinajstić information content (AvgIpc) is 4.16. The van der Waals surface area contributed by atoms with Gasteiger partial charge in [0.1, 0.15) is 16.7 Å². The molecule has 15 nitrogen and oxygen atoms in total. The molecule has 0 spiro atoms. The highest BCUT2D eigenvalue weighted by atomic mass is 16.3. The van der Waals surface area contributed by atoms with E-state index in [0.717, 1.165) is 49.0 Å². The Morgan fingerprint density at radius 1 is 0.347 bits per heavy atom. The molecule has 0 bridgehead atoms. The van der Waals surface area contributed by atoms with Crippen molar-refractivity contribution in [1.82, 2.24) is 29.9 Å². The van der Waals surface area contributed by atoms with Gasteiger partial charge in [0, 0.05) is 123 Å². The van der Waals surface area contributed by atoms with Crippen molar-refractivity contribution in [3.63, 3.8) is 0 Å². The Kier molecular flexibility index (Phi) is 10.5. The number of fused-ring (bicyclic) bond motifs is 9. The lowest BCUT2D eigenvalue weighted by molar-refractivity contribution is 0.0992. The molecule has 13 aromatic rings. The van der Waals surface area contributed by atoms with Crippen LogP contribution >= 0.6 is 0 Å². The highest BCUT2D eigenvalue weighted by molar-refractivity contribution is 6.14. The zero-order valence-corrected chi connectivity index (χ0v) is 40.3. The van der Waals surface area contributed by atoms with Crippen LogP contribution in [-0.2, 0) is 0 Å². The van der Waals surface area contributed by atoms with E-state index in [1.807, 2.05) is 115 Å². The van der Waals surface area contributed by atoms with Gasteiger partial charge in [-0.2, -0.15) is 0 Å². The van der Waals surface area contributed by atoms with E-state index in [-0.39, 0.29) is 16.7 Å². The minimum absolute atomic E-state index is 0.115. The molecular formula is C60H39N9O6. The van der Waals surface area contributed by atoms with E-state index in [9.17, 15) is 14.4 Å². The fourth-order valence-corrected chi connectivity index (χ4v) is 9.50. The molecule has 15 heteroatoms. The second kappa shape index (κ2) is 17.7. The summed E-state index contributed by atoms with van der Waals surface area (Å²) in [6.45, 7) is 0. The largest absolute Gasteiger partial charge is 0.438 e. The van der Waals surface area contributed by atoms with Gasteiger partial charge >= 0.3 is 0 Å². The molecule has 0 aliphatic heterocycles. The van der Waals surface area contributed by atoms with Crippen molar-refractivity contribution in [1.29, 1.82) is 0 Å². The quantitative estimate of drug-likeness (QED) is 0.134. The molecule has 360 valence electrons. The maximum atomic E-state index is 14.6. The lowest BCUT2D eigenvalue weighted by Gasteiger charge is -2.22. The van der Waals surface area contributed by atoms with E-state index in [1.165, 1.54) is 32.9 Å².